The number of hydrogen-bond donors (Lipinski definition) is 2. The first-order valence-corrected chi connectivity index (χ1v) is 14.7. The molecule has 0 saturated carbocycles. The van der Waals surface area contributed by atoms with Crippen molar-refractivity contribution in [1.82, 2.24) is 4.90 Å². The minimum atomic E-state index is -5.04. The second-order valence-corrected chi connectivity index (χ2v) is 11.3. The topological polar surface area (TPSA) is 88.1 Å². The molecule has 2 heterocycles. The van der Waals surface area contributed by atoms with Crippen LogP contribution in [0.15, 0.2) is 83.8 Å². The number of halogens is 3. The summed E-state index contributed by atoms with van der Waals surface area (Å²) in [4.78, 5) is 26.5. The number of amides is 2. The fourth-order valence-electron chi connectivity index (χ4n) is 5.16. The van der Waals surface area contributed by atoms with Crippen LogP contribution in [0.4, 0.5) is 18.9 Å². The van der Waals surface area contributed by atoms with Crippen LogP contribution in [-0.4, -0.2) is 52.4 Å². The van der Waals surface area contributed by atoms with Gasteiger partial charge in [0, 0.05) is 34.9 Å². The number of alkyl halides is 3. The van der Waals surface area contributed by atoms with Gasteiger partial charge in [-0.25, -0.2) is 0 Å². The number of nitrogens with zero attached hydrogens (tertiary/aromatic N) is 1. The Kier molecular flexibility index (Phi) is 9.52. The van der Waals surface area contributed by atoms with Crippen molar-refractivity contribution in [2.24, 2.45) is 0 Å². The third kappa shape index (κ3) is 7.33. The summed E-state index contributed by atoms with van der Waals surface area (Å²) in [5.41, 5.74) is 2.73. The van der Waals surface area contributed by atoms with Crippen molar-refractivity contribution in [2.75, 3.05) is 17.6 Å². The molecule has 0 spiro atoms. The summed E-state index contributed by atoms with van der Waals surface area (Å²) in [6.45, 7) is -0.182. The standard InChI is InChI=1S/C31H31F3N2O5S/c32-31(33,34)30(39)36-15-5-10-26(36)28(38)35-23-7-4-6-22(16-23)29-40-24(19-42-25-8-2-1-3-9-25)17-27(41-29)21-13-11-20(18-37)12-14-21/h1-4,6-9,11-14,16,24,26-27,29,37H,5,10,15,17-19H2,(H,35,38)/t24-,26+,27+,29+/m1/s1. The van der Waals surface area contributed by atoms with E-state index >= 15 is 0 Å². The summed E-state index contributed by atoms with van der Waals surface area (Å²) >= 11 is 1.67. The van der Waals surface area contributed by atoms with Crippen LogP contribution in [0.5, 0.6) is 0 Å². The van der Waals surface area contributed by atoms with E-state index in [1.54, 1.807) is 36.0 Å². The molecule has 4 atom stereocenters. The summed E-state index contributed by atoms with van der Waals surface area (Å²) < 4.78 is 51.8. The van der Waals surface area contributed by atoms with Crippen LogP contribution >= 0.6 is 11.8 Å². The highest BCUT2D eigenvalue weighted by Crippen LogP contribution is 2.40. The first-order chi connectivity index (χ1) is 20.2. The Balaban J connectivity index is 1.32. The van der Waals surface area contributed by atoms with E-state index in [4.69, 9.17) is 9.47 Å². The average Bonchev–Trinajstić information content (AvgIpc) is 3.50. The molecule has 0 bridgehead atoms. The Morgan fingerprint density at radius 2 is 1.74 bits per heavy atom. The number of carbonyl (C=O) groups is 2. The third-order valence-electron chi connectivity index (χ3n) is 7.28. The fraction of sp³-hybridized carbons (Fsp3) is 0.355. The first-order valence-electron chi connectivity index (χ1n) is 13.7. The van der Waals surface area contributed by atoms with Crippen molar-refractivity contribution >= 4 is 29.3 Å². The number of hydrogen-bond acceptors (Lipinski definition) is 6. The maximum atomic E-state index is 13.0. The van der Waals surface area contributed by atoms with Gasteiger partial charge in [-0.15, -0.1) is 11.8 Å². The van der Waals surface area contributed by atoms with Gasteiger partial charge in [0.1, 0.15) is 6.04 Å². The van der Waals surface area contributed by atoms with Gasteiger partial charge in [-0.3, -0.25) is 9.59 Å². The lowest BCUT2D eigenvalue weighted by molar-refractivity contribution is -0.245. The van der Waals surface area contributed by atoms with Crippen molar-refractivity contribution in [3.8, 4) is 0 Å². The summed E-state index contributed by atoms with van der Waals surface area (Å²) in [7, 11) is 0. The summed E-state index contributed by atoms with van der Waals surface area (Å²) in [5.74, 6) is -2.00. The Morgan fingerprint density at radius 1 is 0.976 bits per heavy atom. The van der Waals surface area contributed by atoms with E-state index in [-0.39, 0.29) is 31.8 Å². The predicted octanol–water partition coefficient (Wildman–Crippen LogP) is 6.01. The smallest absolute Gasteiger partial charge is 0.392 e. The van der Waals surface area contributed by atoms with Crippen LogP contribution in [0, 0.1) is 0 Å². The highest BCUT2D eigenvalue weighted by molar-refractivity contribution is 7.99. The van der Waals surface area contributed by atoms with Gasteiger partial charge >= 0.3 is 12.1 Å². The lowest BCUT2D eigenvalue weighted by Crippen LogP contribution is -2.48. The van der Waals surface area contributed by atoms with E-state index in [0.717, 1.165) is 16.0 Å². The second kappa shape index (κ2) is 13.3. The lowest BCUT2D eigenvalue weighted by Gasteiger charge is -2.36. The number of carbonyl (C=O) groups excluding carboxylic acids is 2. The molecule has 5 rings (SSSR count). The molecule has 0 unspecified atom stereocenters. The molecule has 11 heteroatoms. The van der Waals surface area contributed by atoms with Crippen molar-refractivity contribution in [3.05, 3.63) is 95.6 Å². The van der Waals surface area contributed by atoms with Crippen LogP contribution in [0.1, 0.15) is 48.3 Å². The third-order valence-corrected chi connectivity index (χ3v) is 8.42. The lowest BCUT2D eigenvalue weighted by atomic mass is 10.0. The number of rotatable bonds is 8. The largest absolute Gasteiger partial charge is 0.471 e. The minimum absolute atomic E-state index is 0.0601. The van der Waals surface area contributed by atoms with Crippen molar-refractivity contribution < 1.29 is 37.3 Å². The monoisotopic (exact) mass is 600 g/mol. The van der Waals surface area contributed by atoms with E-state index in [1.807, 2.05) is 54.6 Å². The first kappa shape index (κ1) is 30.1. The van der Waals surface area contributed by atoms with Crippen molar-refractivity contribution in [2.45, 2.75) is 61.5 Å². The van der Waals surface area contributed by atoms with Crippen LogP contribution in [-0.2, 0) is 25.7 Å². The van der Waals surface area contributed by atoms with E-state index < -0.39 is 30.3 Å². The summed E-state index contributed by atoms with van der Waals surface area (Å²) in [6, 6.07) is 23.1. The number of anilines is 1. The van der Waals surface area contributed by atoms with E-state index in [1.165, 1.54) is 0 Å². The van der Waals surface area contributed by atoms with E-state index in [2.05, 4.69) is 5.32 Å². The number of benzene rings is 3. The number of aliphatic hydroxyl groups excluding tert-OH is 1. The highest BCUT2D eigenvalue weighted by Gasteiger charge is 2.47. The van der Waals surface area contributed by atoms with Gasteiger partial charge in [0.15, 0.2) is 6.29 Å². The van der Waals surface area contributed by atoms with Gasteiger partial charge in [0.05, 0.1) is 18.8 Å². The molecule has 3 aromatic rings. The maximum absolute atomic E-state index is 13.0. The second-order valence-electron chi connectivity index (χ2n) is 10.2. The van der Waals surface area contributed by atoms with Crippen LogP contribution < -0.4 is 5.32 Å². The molecule has 42 heavy (non-hydrogen) atoms. The average molecular weight is 601 g/mol. The number of thioether (sulfide) groups is 1. The minimum Gasteiger partial charge on any atom is -0.392 e. The van der Waals surface area contributed by atoms with Gasteiger partial charge in [-0.2, -0.15) is 13.2 Å². The van der Waals surface area contributed by atoms with E-state index in [0.29, 0.717) is 34.7 Å². The molecule has 7 nitrogen and oxygen atoms in total. The van der Waals surface area contributed by atoms with E-state index in [9.17, 15) is 27.9 Å². The zero-order valence-electron chi connectivity index (χ0n) is 22.6. The SMILES string of the molecule is O=C(Nc1cccc([C@H]2O[C@@H](CSc3ccccc3)C[C@@H](c3ccc(CO)cc3)O2)c1)[C@@H]1CCCN1C(=O)C(F)(F)F. The Bertz CT molecular complexity index is 1370. The molecule has 2 saturated heterocycles. The molecular weight excluding hydrogens is 569 g/mol. The van der Waals surface area contributed by atoms with Gasteiger partial charge in [0.25, 0.3) is 0 Å². The molecule has 2 aliphatic heterocycles. The molecule has 0 aliphatic carbocycles. The summed E-state index contributed by atoms with van der Waals surface area (Å²) in [6.07, 6.45) is -5.20. The number of aliphatic hydroxyl groups is 1. The Labute approximate surface area is 246 Å². The molecule has 0 radical (unpaired) electrons. The zero-order chi connectivity index (χ0) is 29.7. The van der Waals surface area contributed by atoms with Gasteiger partial charge in [-0.1, -0.05) is 54.6 Å². The van der Waals surface area contributed by atoms with Crippen LogP contribution in [0.25, 0.3) is 0 Å². The fourth-order valence-corrected chi connectivity index (χ4v) is 6.11. The molecule has 2 amide bonds. The van der Waals surface area contributed by atoms with Gasteiger partial charge < -0.3 is 24.8 Å². The van der Waals surface area contributed by atoms with Crippen molar-refractivity contribution in [3.63, 3.8) is 0 Å². The molecule has 3 aromatic carbocycles. The van der Waals surface area contributed by atoms with Crippen LogP contribution in [0.2, 0.25) is 0 Å². The Hall–Kier alpha value is -3.38. The molecular formula is C31H31F3N2O5S. The van der Waals surface area contributed by atoms with Gasteiger partial charge in [-0.05, 0) is 48.2 Å². The molecule has 0 aromatic heterocycles. The molecule has 2 aliphatic rings. The van der Waals surface area contributed by atoms with Crippen molar-refractivity contribution in [1.29, 1.82) is 0 Å². The molecule has 222 valence electrons. The summed E-state index contributed by atoms with van der Waals surface area (Å²) in [5, 5.41) is 12.1. The molecule has 2 N–H and O–H groups in total. The van der Waals surface area contributed by atoms with Gasteiger partial charge in [0.2, 0.25) is 5.91 Å². The predicted molar refractivity (Wildman–Crippen MR) is 151 cm³/mol. The normalized spacial score (nSPS) is 22.6. The van der Waals surface area contributed by atoms with Crippen LogP contribution in [0.3, 0.4) is 0 Å². The Morgan fingerprint density at radius 3 is 2.45 bits per heavy atom. The highest BCUT2D eigenvalue weighted by atomic mass is 32.2. The maximum Gasteiger partial charge on any atom is 0.471 e. The number of nitrogens with one attached hydrogen (secondary N) is 1. The quantitative estimate of drug-likeness (QED) is 0.308. The number of ether oxygens (including phenoxy) is 2. The number of likely N-dealkylation sites (tertiary alicyclic amines) is 1. The molecule has 2 fully saturated rings. The zero-order valence-corrected chi connectivity index (χ0v) is 23.4.